The largest absolute Gasteiger partial charge is 0.477 e. The Bertz CT molecular complexity index is 4990. The molecule has 0 radical (unpaired) electrons. The van der Waals surface area contributed by atoms with Gasteiger partial charge in [-0.15, -0.1) is 12.4 Å². The monoisotopic (exact) mass is 1570 g/mol. The van der Waals surface area contributed by atoms with E-state index in [-0.39, 0.29) is 48.3 Å². The Morgan fingerprint density at radius 3 is 1.31 bits per heavy atom. The number of anilines is 2. The Balaban J connectivity index is 0.000000204. The number of hydrogen-bond donors (Lipinski definition) is 8. The number of carboxylic acid groups (broad SMARTS) is 1. The number of nitrogens with two attached hydrogens (primary N) is 2. The molecule has 10 aromatic rings. The summed E-state index contributed by atoms with van der Waals surface area (Å²) in [6, 6.07) is 55.9. The van der Waals surface area contributed by atoms with E-state index in [1.165, 1.54) is 40.4 Å². The highest BCUT2D eigenvalue weighted by Gasteiger charge is 2.41. The molecule has 2 aliphatic rings. The Hall–Kier alpha value is -10.7. The first-order valence-corrected chi connectivity index (χ1v) is 38.4. The summed E-state index contributed by atoms with van der Waals surface area (Å²) < 4.78 is 62.2. The van der Waals surface area contributed by atoms with Crippen molar-refractivity contribution in [2.24, 2.45) is 23.3 Å². The molecule has 7 aromatic carbocycles. The average molecular weight is 1570 g/mol. The average Bonchev–Trinajstić information content (AvgIpc) is 0.936. The Labute approximate surface area is 662 Å². The van der Waals surface area contributed by atoms with Crippen molar-refractivity contribution in [3.05, 3.63) is 273 Å². The van der Waals surface area contributed by atoms with Crippen LogP contribution in [0.4, 0.5) is 29.7 Å². The van der Waals surface area contributed by atoms with E-state index in [0.717, 1.165) is 65.5 Å². The van der Waals surface area contributed by atoms with Crippen molar-refractivity contribution in [3.63, 3.8) is 0 Å². The van der Waals surface area contributed by atoms with Crippen molar-refractivity contribution < 1.29 is 51.5 Å². The Morgan fingerprint density at radius 1 is 0.500 bits per heavy atom. The number of carbonyl (C=O) groups is 5. The van der Waals surface area contributed by atoms with Crippen LogP contribution < -0.4 is 37.5 Å². The quantitative estimate of drug-likeness (QED) is 0.0264. The van der Waals surface area contributed by atoms with E-state index in [9.17, 15) is 37.7 Å². The first-order chi connectivity index (χ1) is 52.6. The standard InChI is InChI=1S/C39H48FN5O4S.C30H32FN5O.C17H21N3O4.ClH/c1-26-22-34(45(43-26)31-15-11-12-28(23-31)25-41-36(47)49-37(2,3)4)35(46)42-33-24-30(18-19-32(33)40)39(21-20-27-16-17-27,29-13-9-8-10-14-29)44-50(48)38(5,6)7;1-20-16-28(36(35-20)25-9-5-6-22(17-25)19-32)29(37)34-27-18-24(12-13-26(27)31)30(33,15-14-21-10-11-21)23-7-3-2-4-8-23;1-11-8-14(15(21)22)20(19-11)13-7-5-6-12(9-13)10-18-16(23)24-17(2,3)4;/h8-15,18-19,22-24,27,44H,16-17,20-21,25H2,1-7H3,(H,41,47)(H,42,46);2-9,12-13,16-18,21H,10-11,14-15,19,32-33H2,1H3,(H,34,37);5-9H,10H2,1-4H3,(H,18,23)(H,21,22);1H/t39?,50-;;;/m1.../s1. The lowest BCUT2D eigenvalue weighted by Crippen LogP contribution is -2.49. The van der Waals surface area contributed by atoms with Gasteiger partial charge in [0.05, 0.1) is 72.3 Å². The van der Waals surface area contributed by atoms with E-state index >= 15 is 4.39 Å². The summed E-state index contributed by atoms with van der Waals surface area (Å²) >= 11 is 0. The molecule has 26 heteroatoms. The van der Waals surface area contributed by atoms with Crippen molar-refractivity contribution in [1.82, 2.24) is 44.7 Å². The summed E-state index contributed by atoms with van der Waals surface area (Å²) in [5.74, 6) is -1.88. The van der Waals surface area contributed by atoms with Crippen LogP contribution in [0.15, 0.2) is 188 Å². The predicted octanol–water partition coefficient (Wildman–Crippen LogP) is 16.8. The number of carbonyl (C=O) groups excluding carboxylic acids is 4. The van der Waals surface area contributed by atoms with Crippen molar-refractivity contribution in [3.8, 4) is 17.1 Å². The van der Waals surface area contributed by atoms with Crippen molar-refractivity contribution in [2.75, 3.05) is 10.6 Å². The molecule has 592 valence electrons. The summed E-state index contributed by atoms with van der Waals surface area (Å²) in [7, 11) is -1.46. The fraction of sp³-hybridized carbons (Fsp3) is 0.349. The lowest BCUT2D eigenvalue weighted by Gasteiger charge is -2.38. The molecule has 10 N–H and O–H groups in total. The van der Waals surface area contributed by atoms with Crippen LogP contribution >= 0.6 is 12.4 Å². The molecular weight excluding hydrogens is 1460 g/mol. The van der Waals surface area contributed by atoms with E-state index in [4.69, 9.17) is 20.9 Å². The number of aromatic carboxylic acids is 1. The van der Waals surface area contributed by atoms with E-state index in [1.807, 2.05) is 137 Å². The maximum atomic E-state index is 15.6. The first kappa shape index (κ1) is 85.3. The van der Waals surface area contributed by atoms with Crippen LogP contribution in [0.25, 0.3) is 17.1 Å². The number of aryl methyl sites for hydroxylation is 3. The van der Waals surface area contributed by atoms with Gasteiger partial charge in [0.15, 0.2) is 5.69 Å². The van der Waals surface area contributed by atoms with Crippen LogP contribution in [0.3, 0.4) is 0 Å². The number of rotatable bonds is 25. The molecule has 0 aliphatic heterocycles. The van der Waals surface area contributed by atoms with Crippen molar-refractivity contribution in [2.45, 2.75) is 181 Å². The number of benzene rings is 7. The summed E-state index contributed by atoms with van der Waals surface area (Å²) in [6.07, 6.45) is 7.05. The fourth-order valence-electron chi connectivity index (χ4n) is 12.6. The van der Waals surface area contributed by atoms with Gasteiger partial charge >= 0.3 is 18.2 Å². The molecule has 0 spiro atoms. The van der Waals surface area contributed by atoms with Crippen LogP contribution in [0.1, 0.15) is 201 Å². The summed E-state index contributed by atoms with van der Waals surface area (Å²) in [4.78, 5) is 62.5. The number of hydrogen-bond acceptors (Lipinski definition) is 13. The van der Waals surface area contributed by atoms with E-state index in [2.05, 4.69) is 41.3 Å². The highest BCUT2D eigenvalue weighted by molar-refractivity contribution is 7.84. The summed E-state index contributed by atoms with van der Waals surface area (Å²) in [6.45, 7) is 22.7. The summed E-state index contributed by atoms with van der Waals surface area (Å²) in [5, 5.41) is 33.5. The SMILES string of the molecule is Cc1cc(C(=O)Nc2cc(C(CCC3CC3)(N[S@](=O)C(C)(C)C)c3ccccc3)ccc2F)n(-c2cccc(CNC(=O)OC(C)(C)C)c2)n1.Cc1cc(C(=O)Nc2cc(C(N)(CCC3CC3)c3ccccc3)ccc2F)n(-c2cccc(CN)c2)n1.Cc1cc(C(=O)O)n(-c2cccc(CNC(=O)OC(C)(C)C)c2)n1.Cl. The Kier molecular flexibility index (Phi) is 27.9. The molecule has 3 aromatic heterocycles. The molecule has 2 saturated carbocycles. The second-order valence-corrected chi connectivity index (χ2v) is 33.3. The van der Waals surface area contributed by atoms with Gasteiger partial charge in [-0.25, -0.2) is 46.1 Å². The summed E-state index contributed by atoms with van der Waals surface area (Å²) in [5.41, 5.74) is 20.3. The zero-order chi connectivity index (χ0) is 80.2. The fourth-order valence-corrected chi connectivity index (χ4v) is 13.6. The predicted molar refractivity (Wildman–Crippen MR) is 435 cm³/mol. The zero-order valence-electron chi connectivity index (χ0n) is 65.5. The number of halogens is 3. The second-order valence-electron chi connectivity index (χ2n) is 31.3. The number of ether oxygens (including phenoxy) is 2. The minimum atomic E-state index is -1.46. The molecule has 0 bridgehead atoms. The van der Waals surface area contributed by atoms with Gasteiger partial charge in [-0.05, 0) is 238 Å². The lowest BCUT2D eigenvalue weighted by molar-refractivity contribution is 0.0512. The topological polar surface area (TPSA) is 307 Å². The molecule has 112 heavy (non-hydrogen) atoms. The number of aromatic nitrogens is 6. The van der Waals surface area contributed by atoms with E-state index in [1.54, 1.807) is 121 Å². The maximum Gasteiger partial charge on any atom is 0.407 e. The van der Waals surface area contributed by atoms with Gasteiger partial charge < -0.3 is 47.3 Å². The van der Waals surface area contributed by atoms with Gasteiger partial charge in [-0.1, -0.05) is 135 Å². The first-order valence-electron chi connectivity index (χ1n) is 37.2. The van der Waals surface area contributed by atoms with Crippen LogP contribution in [0.5, 0.6) is 0 Å². The smallest absolute Gasteiger partial charge is 0.407 e. The minimum Gasteiger partial charge on any atom is -0.477 e. The van der Waals surface area contributed by atoms with Crippen molar-refractivity contribution >= 4 is 64.7 Å². The number of nitrogens with one attached hydrogen (secondary N) is 5. The molecule has 12 rings (SSSR count). The van der Waals surface area contributed by atoms with Gasteiger partial charge in [0.2, 0.25) is 0 Å². The molecule has 22 nitrogen and oxygen atoms in total. The third-order valence-electron chi connectivity index (χ3n) is 18.6. The molecular formula is C86H102ClF2N13O9S. The maximum absolute atomic E-state index is 15.6. The zero-order valence-corrected chi connectivity index (χ0v) is 67.1. The van der Waals surface area contributed by atoms with Crippen molar-refractivity contribution in [1.29, 1.82) is 0 Å². The van der Waals surface area contributed by atoms with Crippen LogP contribution in [0.2, 0.25) is 0 Å². The molecule has 4 amide bonds. The lowest BCUT2D eigenvalue weighted by atomic mass is 9.79. The third kappa shape index (κ3) is 23.0. The van der Waals surface area contributed by atoms with E-state index < -0.39 is 79.6 Å². The number of carboxylic acids is 1. The number of nitrogens with zero attached hydrogens (tertiary/aromatic N) is 6. The molecule has 2 fully saturated rings. The molecule has 3 atom stereocenters. The molecule has 2 unspecified atom stereocenters. The second kappa shape index (κ2) is 36.6. The van der Waals surface area contributed by atoms with Crippen LogP contribution in [0, 0.1) is 44.2 Å². The van der Waals surface area contributed by atoms with Gasteiger partial charge in [0.1, 0.15) is 34.2 Å². The molecule has 3 heterocycles. The number of amides is 4. The van der Waals surface area contributed by atoms with Gasteiger partial charge in [-0.3, -0.25) is 9.59 Å². The van der Waals surface area contributed by atoms with Crippen LogP contribution in [-0.4, -0.2) is 84.6 Å². The third-order valence-corrected chi connectivity index (χ3v) is 20.3. The highest BCUT2D eigenvalue weighted by Crippen LogP contribution is 2.44. The Morgan fingerprint density at radius 2 is 0.893 bits per heavy atom. The van der Waals surface area contributed by atoms with Crippen LogP contribution in [-0.2, 0) is 51.2 Å². The highest BCUT2D eigenvalue weighted by atomic mass is 35.5. The van der Waals surface area contributed by atoms with Gasteiger partial charge in [0, 0.05) is 19.6 Å². The number of alkyl carbamates (subject to hydrolysis) is 2. The molecule has 0 saturated heterocycles. The van der Waals surface area contributed by atoms with E-state index in [0.29, 0.717) is 70.2 Å². The van der Waals surface area contributed by atoms with Gasteiger partial charge in [-0.2, -0.15) is 15.3 Å². The normalized spacial score (nSPS) is 14.1. The van der Waals surface area contributed by atoms with Gasteiger partial charge in [0.25, 0.3) is 11.8 Å². The molecule has 2 aliphatic carbocycles. The minimum absolute atomic E-state index is 0.